The Kier molecular flexibility index (Phi) is 5.32. The minimum absolute atomic E-state index is 0.0567. The molecule has 3 heterocycles. The number of rotatable bonds is 4. The quantitative estimate of drug-likeness (QED) is 0.644. The topological polar surface area (TPSA) is 76.2 Å². The fourth-order valence-electron chi connectivity index (χ4n) is 5.70. The molecular weight excluding hydrogens is 444 g/mol. The monoisotopic (exact) mass is 468 g/mol. The van der Waals surface area contributed by atoms with E-state index in [4.69, 9.17) is 21.1 Å². The summed E-state index contributed by atoms with van der Waals surface area (Å²) in [6.07, 6.45) is 0. The molecule has 0 aliphatic carbocycles. The summed E-state index contributed by atoms with van der Waals surface area (Å²) >= 11 is 6.28. The number of carbonyl (C=O) groups excluding carboxylic acids is 3. The number of benzene rings is 2. The van der Waals surface area contributed by atoms with Crippen LogP contribution in [-0.4, -0.2) is 52.9 Å². The summed E-state index contributed by atoms with van der Waals surface area (Å²) < 4.78 is 11.4. The smallest absolute Gasteiger partial charge is 0.312 e. The lowest BCUT2D eigenvalue weighted by Gasteiger charge is -2.47. The van der Waals surface area contributed by atoms with Gasteiger partial charge in [-0.1, -0.05) is 41.9 Å². The Hall–Kier alpha value is -3.06. The molecule has 3 aliphatic heterocycles. The number of piperazine rings is 1. The van der Waals surface area contributed by atoms with Gasteiger partial charge < -0.3 is 19.3 Å². The maximum atomic E-state index is 14.0. The van der Waals surface area contributed by atoms with Crippen molar-refractivity contribution in [1.29, 1.82) is 0 Å². The largest absolute Gasteiger partial charge is 0.493 e. The van der Waals surface area contributed by atoms with Crippen molar-refractivity contribution in [3.63, 3.8) is 0 Å². The molecule has 7 nitrogen and oxygen atoms in total. The zero-order valence-electron chi connectivity index (χ0n) is 18.5. The molecule has 0 unspecified atom stereocenters. The Morgan fingerprint density at radius 1 is 1.21 bits per heavy atom. The van der Waals surface area contributed by atoms with Crippen molar-refractivity contribution in [2.75, 3.05) is 19.8 Å². The molecule has 2 aromatic carbocycles. The van der Waals surface area contributed by atoms with Crippen LogP contribution in [0.5, 0.6) is 5.75 Å². The predicted octanol–water partition coefficient (Wildman–Crippen LogP) is 3.21. The van der Waals surface area contributed by atoms with Gasteiger partial charge in [0.05, 0.1) is 25.2 Å². The Bertz CT molecular complexity index is 1120. The number of nitrogens with zero attached hydrogens (tertiary/aromatic N) is 2. The molecule has 2 fully saturated rings. The number of hydrogen-bond acceptors (Lipinski definition) is 5. The number of ether oxygens (including phenoxy) is 2. The van der Waals surface area contributed by atoms with E-state index in [-0.39, 0.29) is 31.6 Å². The van der Waals surface area contributed by atoms with Crippen LogP contribution in [0.15, 0.2) is 48.5 Å². The summed E-state index contributed by atoms with van der Waals surface area (Å²) in [4.78, 5) is 44.0. The van der Waals surface area contributed by atoms with Gasteiger partial charge in [-0.05, 0) is 37.6 Å². The third kappa shape index (κ3) is 3.29. The van der Waals surface area contributed by atoms with Crippen molar-refractivity contribution in [3.05, 3.63) is 64.7 Å². The van der Waals surface area contributed by atoms with Crippen molar-refractivity contribution >= 4 is 29.4 Å². The third-order valence-corrected chi connectivity index (χ3v) is 7.25. The van der Waals surface area contributed by atoms with Crippen molar-refractivity contribution in [2.24, 2.45) is 11.8 Å². The van der Waals surface area contributed by atoms with Crippen LogP contribution in [0.1, 0.15) is 31.0 Å². The van der Waals surface area contributed by atoms with Crippen LogP contribution in [0.4, 0.5) is 0 Å². The van der Waals surface area contributed by atoms with Gasteiger partial charge in [0.2, 0.25) is 11.8 Å². The SMILES string of the molecule is CCOC(=O)[C@H]1[C@H]2COc3ccc(Cl)cc3[C@@H]2N2C(=O)CN(Cc3ccccc3)C(=O)[C@@]12C. The molecule has 0 spiro atoms. The fourth-order valence-corrected chi connectivity index (χ4v) is 5.88. The summed E-state index contributed by atoms with van der Waals surface area (Å²) in [5, 5.41) is 0.501. The first kappa shape index (κ1) is 21.8. The van der Waals surface area contributed by atoms with Gasteiger partial charge in [-0.2, -0.15) is 0 Å². The number of amides is 2. The predicted molar refractivity (Wildman–Crippen MR) is 120 cm³/mol. The van der Waals surface area contributed by atoms with Crippen LogP contribution >= 0.6 is 11.6 Å². The summed E-state index contributed by atoms with van der Waals surface area (Å²) in [6.45, 7) is 4.04. The normalized spacial score (nSPS) is 28.0. The lowest BCUT2D eigenvalue weighted by molar-refractivity contribution is -0.170. The molecule has 8 heteroatoms. The van der Waals surface area contributed by atoms with Crippen molar-refractivity contribution in [3.8, 4) is 5.75 Å². The number of halogens is 1. The lowest BCUT2D eigenvalue weighted by atomic mass is 9.77. The van der Waals surface area contributed by atoms with Crippen LogP contribution < -0.4 is 4.74 Å². The molecule has 0 saturated carbocycles. The van der Waals surface area contributed by atoms with Crippen LogP contribution in [0, 0.1) is 11.8 Å². The van der Waals surface area contributed by atoms with E-state index in [0.717, 1.165) is 11.1 Å². The van der Waals surface area contributed by atoms with Crippen molar-refractivity contribution < 1.29 is 23.9 Å². The maximum absolute atomic E-state index is 14.0. The maximum Gasteiger partial charge on any atom is 0.312 e. The van der Waals surface area contributed by atoms with Crippen LogP contribution in [0.25, 0.3) is 0 Å². The van der Waals surface area contributed by atoms with Crippen LogP contribution in [0.3, 0.4) is 0 Å². The molecular formula is C25H25ClN2O5. The summed E-state index contributed by atoms with van der Waals surface area (Å²) in [7, 11) is 0. The van der Waals surface area contributed by atoms with Gasteiger partial charge in [0.1, 0.15) is 17.8 Å². The van der Waals surface area contributed by atoms with Gasteiger partial charge >= 0.3 is 5.97 Å². The number of fused-ring (bicyclic) bond motifs is 5. The molecule has 5 rings (SSSR count). The average Bonchev–Trinajstić information content (AvgIpc) is 3.08. The first-order valence-corrected chi connectivity index (χ1v) is 11.5. The highest BCUT2D eigenvalue weighted by Gasteiger charge is 2.69. The highest BCUT2D eigenvalue weighted by molar-refractivity contribution is 6.30. The third-order valence-electron chi connectivity index (χ3n) is 7.01. The average molecular weight is 469 g/mol. The second-order valence-electron chi connectivity index (χ2n) is 8.89. The summed E-state index contributed by atoms with van der Waals surface area (Å²) in [6, 6.07) is 14.3. The molecule has 2 amide bonds. The molecule has 33 heavy (non-hydrogen) atoms. The fraction of sp³-hybridized carbons (Fsp3) is 0.400. The minimum atomic E-state index is -1.39. The summed E-state index contributed by atoms with van der Waals surface area (Å²) in [5.41, 5.74) is 0.243. The van der Waals surface area contributed by atoms with E-state index in [1.807, 2.05) is 30.3 Å². The van der Waals surface area contributed by atoms with Gasteiger partial charge in [-0.15, -0.1) is 0 Å². The molecule has 0 bridgehead atoms. The van der Waals surface area contributed by atoms with Gasteiger partial charge in [0.15, 0.2) is 0 Å². The Morgan fingerprint density at radius 3 is 2.70 bits per heavy atom. The van der Waals surface area contributed by atoms with Crippen molar-refractivity contribution in [1.82, 2.24) is 9.80 Å². The highest BCUT2D eigenvalue weighted by atomic mass is 35.5. The number of esters is 1. The zero-order valence-corrected chi connectivity index (χ0v) is 19.2. The van der Waals surface area contributed by atoms with Crippen LogP contribution in [0.2, 0.25) is 5.02 Å². The van der Waals surface area contributed by atoms with Crippen LogP contribution in [-0.2, 0) is 25.7 Å². The van der Waals surface area contributed by atoms with E-state index in [9.17, 15) is 14.4 Å². The van der Waals surface area contributed by atoms with Gasteiger partial charge in [0, 0.05) is 23.0 Å². The first-order valence-electron chi connectivity index (χ1n) is 11.1. The summed E-state index contributed by atoms with van der Waals surface area (Å²) in [5.74, 6) is -1.63. The first-order chi connectivity index (χ1) is 15.9. The van der Waals surface area contributed by atoms with Gasteiger partial charge in [0.25, 0.3) is 0 Å². The molecule has 0 N–H and O–H groups in total. The molecule has 3 aliphatic rings. The van der Waals surface area contributed by atoms with Crippen molar-refractivity contribution in [2.45, 2.75) is 32.0 Å². The van der Waals surface area contributed by atoms with E-state index in [2.05, 4.69) is 0 Å². The van der Waals surface area contributed by atoms with Gasteiger partial charge in [-0.3, -0.25) is 14.4 Å². The van der Waals surface area contributed by atoms with Gasteiger partial charge in [-0.25, -0.2) is 0 Å². The lowest BCUT2D eigenvalue weighted by Crippen LogP contribution is -2.67. The Balaban J connectivity index is 1.61. The second-order valence-corrected chi connectivity index (χ2v) is 9.33. The number of carbonyl (C=O) groups is 3. The Labute approximate surface area is 197 Å². The Morgan fingerprint density at radius 2 is 1.97 bits per heavy atom. The molecule has 172 valence electrons. The highest BCUT2D eigenvalue weighted by Crippen LogP contribution is 2.57. The number of hydrogen-bond donors (Lipinski definition) is 0. The molecule has 0 radical (unpaired) electrons. The molecule has 2 aromatic rings. The van der Waals surface area contributed by atoms with E-state index in [1.54, 1.807) is 36.9 Å². The zero-order chi connectivity index (χ0) is 23.3. The second kappa shape index (κ2) is 8.06. The van der Waals surface area contributed by atoms with E-state index < -0.39 is 29.4 Å². The standard InChI is InChI=1S/C25H25ClN2O5/c1-3-32-23(30)21-18-14-33-19-10-9-16(26)11-17(19)22(18)28-20(29)13-27(24(31)25(21,28)2)12-15-7-5-4-6-8-15/h4-11,18,21-22H,3,12-14H2,1-2H3/t18-,21-,22+,25-/m1/s1. The van der Waals surface area contributed by atoms with E-state index in [1.165, 1.54) is 4.90 Å². The van der Waals surface area contributed by atoms with E-state index >= 15 is 0 Å². The molecule has 4 atom stereocenters. The molecule has 0 aromatic heterocycles. The minimum Gasteiger partial charge on any atom is -0.493 e. The molecule has 2 saturated heterocycles. The van der Waals surface area contributed by atoms with E-state index in [0.29, 0.717) is 17.3 Å².